The number of amides is 2. The Morgan fingerprint density at radius 2 is 2.11 bits per heavy atom. The molecule has 1 fully saturated rings. The summed E-state index contributed by atoms with van der Waals surface area (Å²) < 4.78 is 0. The van der Waals surface area contributed by atoms with E-state index in [9.17, 15) is 4.79 Å². The molecule has 0 aromatic heterocycles. The first-order valence-corrected chi connectivity index (χ1v) is 6.53. The first kappa shape index (κ1) is 13.4. The molecule has 0 aliphatic carbocycles. The lowest BCUT2D eigenvalue weighted by atomic mass is 9.96. The van der Waals surface area contributed by atoms with E-state index in [1.54, 1.807) is 4.90 Å². The van der Waals surface area contributed by atoms with E-state index < -0.39 is 0 Å². The van der Waals surface area contributed by atoms with Crippen LogP contribution in [0.4, 0.5) is 10.5 Å². The second-order valence-corrected chi connectivity index (χ2v) is 5.02. The number of nitrogens with one attached hydrogen (secondary N) is 2. The largest absolute Gasteiger partial charge is 0.387 e. The van der Waals surface area contributed by atoms with E-state index in [-0.39, 0.29) is 17.8 Å². The van der Waals surface area contributed by atoms with Gasteiger partial charge in [-0.05, 0) is 37.5 Å². The maximum Gasteiger partial charge on any atom is 0.321 e. The minimum atomic E-state index is -0.0763. The Bertz CT molecular complexity index is 478. The molecule has 5 heteroatoms. The minimum absolute atomic E-state index is 0.0763. The van der Waals surface area contributed by atoms with E-state index in [4.69, 9.17) is 11.1 Å². The van der Waals surface area contributed by atoms with Gasteiger partial charge in [-0.2, -0.15) is 0 Å². The van der Waals surface area contributed by atoms with Gasteiger partial charge in [0.05, 0.1) is 5.84 Å². The number of piperidine rings is 1. The number of carbonyl (C=O) groups excluding carboxylic acids is 1. The van der Waals surface area contributed by atoms with Crippen LogP contribution >= 0.6 is 0 Å². The van der Waals surface area contributed by atoms with Crippen molar-refractivity contribution in [1.29, 1.82) is 5.41 Å². The third-order valence-corrected chi connectivity index (χ3v) is 3.49. The molecular formula is C14H20N4O. The Balaban J connectivity index is 1.90. The van der Waals surface area contributed by atoms with Gasteiger partial charge in [-0.25, -0.2) is 4.79 Å². The third-order valence-electron chi connectivity index (χ3n) is 3.49. The molecule has 1 aromatic rings. The summed E-state index contributed by atoms with van der Waals surface area (Å²) in [7, 11) is 0. The zero-order valence-electron chi connectivity index (χ0n) is 11.1. The molecule has 0 spiro atoms. The van der Waals surface area contributed by atoms with Gasteiger partial charge in [0.15, 0.2) is 0 Å². The quantitative estimate of drug-likeness (QED) is 0.562. The normalized spacial score (nSPS) is 16.2. The summed E-state index contributed by atoms with van der Waals surface area (Å²) in [5.41, 5.74) is 7.43. The van der Waals surface area contributed by atoms with E-state index in [0.29, 0.717) is 13.1 Å². The van der Waals surface area contributed by atoms with Crippen molar-refractivity contribution >= 4 is 17.6 Å². The molecule has 0 atom stereocenters. The molecule has 1 aliphatic rings. The van der Waals surface area contributed by atoms with Gasteiger partial charge in [-0.15, -0.1) is 0 Å². The summed E-state index contributed by atoms with van der Waals surface area (Å²) in [5.74, 6) is 0.363. The van der Waals surface area contributed by atoms with Crippen LogP contribution in [0.25, 0.3) is 0 Å². The van der Waals surface area contributed by atoms with E-state index in [2.05, 4.69) is 5.32 Å². The van der Waals surface area contributed by atoms with Gasteiger partial charge in [-0.1, -0.05) is 12.1 Å². The monoisotopic (exact) mass is 260 g/mol. The van der Waals surface area contributed by atoms with Gasteiger partial charge < -0.3 is 16.0 Å². The number of carbonyl (C=O) groups is 1. The summed E-state index contributed by atoms with van der Waals surface area (Å²) in [5, 5.41) is 10.3. The highest BCUT2D eigenvalue weighted by Gasteiger charge is 2.24. The van der Waals surface area contributed by atoms with Crippen molar-refractivity contribution in [1.82, 2.24) is 4.90 Å². The molecular weight excluding hydrogens is 240 g/mol. The lowest BCUT2D eigenvalue weighted by Gasteiger charge is -2.31. The van der Waals surface area contributed by atoms with Crippen LogP contribution in [0, 0.1) is 18.3 Å². The van der Waals surface area contributed by atoms with Crippen molar-refractivity contribution < 1.29 is 4.79 Å². The number of anilines is 1. The lowest BCUT2D eigenvalue weighted by molar-refractivity contribution is 0.193. The van der Waals surface area contributed by atoms with E-state index >= 15 is 0 Å². The number of urea groups is 1. The minimum Gasteiger partial charge on any atom is -0.387 e. The van der Waals surface area contributed by atoms with Gasteiger partial charge in [0.2, 0.25) is 0 Å². The predicted molar refractivity (Wildman–Crippen MR) is 76.4 cm³/mol. The number of aryl methyl sites for hydroxylation is 1. The Morgan fingerprint density at radius 1 is 1.42 bits per heavy atom. The van der Waals surface area contributed by atoms with Crippen molar-refractivity contribution in [2.24, 2.45) is 11.7 Å². The fourth-order valence-corrected chi connectivity index (χ4v) is 2.32. The van der Waals surface area contributed by atoms with Crippen LogP contribution in [0.5, 0.6) is 0 Å². The molecule has 2 rings (SSSR count). The number of rotatable bonds is 2. The van der Waals surface area contributed by atoms with E-state index in [1.807, 2.05) is 31.2 Å². The maximum absolute atomic E-state index is 12.1. The summed E-state index contributed by atoms with van der Waals surface area (Å²) >= 11 is 0. The van der Waals surface area contributed by atoms with Crippen LogP contribution in [0.3, 0.4) is 0 Å². The molecule has 0 unspecified atom stereocenters. The van der Waals surface area contributed by atoms with Crippen LogP contribution in [-0.4, -0.2) is 29.9 Å². The standard InChI is InChI=1S/C14H20N4O/c1-10-3-2-4-12(9-10)17-14(19)18-7-5-11(6-8-18)13(15)16/h2-4,9,11H,5-8H2,1H3,(H3,15,16)(H,17,19). The SMILES string of the molecule is Cc1cccc(NC(=O)N2CCC(C(=N)N)CC2)c1. The molecule has 1 saturated heterocycles. The number of amidine groups is 1. The molecule has 19 heavy (non-hydrogen) atoms. The summed E-state index contributed by atoms with van der Waals surface area (Å²) in [6, 6.07) is 7.67. The van der Waals surface area contributed by atoms with Crippen molar-refractivity contribution in [3.63, 3.8) is 0 Å². The third kappa shape index (κ3) is 3.47. The van der Waals surface area contributed by atoms with Crippen LogP contribution in [0.15, 0.2) is 24.3 Å². The van der Waals surface area contributed by atoms with Gasteiger partial charge >= 0.3 is 6.03 Å². The summed E-state index contributed by atoms with van der Waals surface area (Å²) in [4.78, 5) is 13.9. The van der Waals surface area contributed by atoms with Crippen molar-refractivity contribution in [2.45, 2.75) is 19.8 Å². The summed E-state index contributed by atoms with van der Waals surface area (Å²) in [6.07, 6.45) is 1.55. The smallest absolute Gasteiger partial charge is 0.321 e. The Kier molecular flexibility index (Phi) is 4.04. The van der Waals surface area contributed by atoms with E-state index in [1.165, 1.54) is 0 Å². The number of likely N-dealkylation sites (tertiary alicyclic amines) is 1. The molecule has 0 saturated carbocycles. The Labute approximate surface area is 113 Å². The second-order valence-electron chi connectivity index (χ2n) is 5.02. The molecule has 5 nitrogen and oxygen atoms in total. The van der Waals surface area contributed by atoms with Crippen LogP contribution < -0.4 is 11.1 Å². The van der Waals surface area contributed by atoms with Gasteiger partial charge in [0.1, 0.15) is 0 Å². The number of benzene rings is 1. The molecule has 1 heterocycles. The number of hydrogen-bond acceptors (Lipinski definition) is 2. The predicted octanol–water partition coefficient (Wildman–Crippen LogP) is 2.17. The Hall–Kier alpha value is -2.04. The van der Waals surface area contributed by atoms with Gasteiger partial charge in [0.25, 0.3) is 0 Å². The maximum atomic E-state index is 12.1. The average molecular weight is 260 g/mol. The Morgan fingerprint density at radius 3 is 2.68 bits per heavy atom. The first-order chi connectivity index (χ1) is 9.06. The lowest BCUT2D eigenvalue weighted by Crippen LogP contribution is -2.43. The number of nitrogens with two attached hydrogens (primary N) is 1. The zero-order valence-corrected chi connectivity index (χ0v) is 11.1. The fraction of sp³-hybridized carbons (Fsp3) is 0.429. The molecule has 1 aliphatic heterocycles. The van der Waals surface area contributed by atoms with Crippen molar-refractivity contribution in [3.8, 4) is 0 Å². The number of nitrogens with zero attached hydrogens (tertiary/aromatic N) is 1. The zero-order chi connectivity index (χ0) is 13.8. The molecule has 0 bridgehead atoms. The van der Waals surface area contributed by atoms with Crippen LogP contribution in [0.1, 0.15) is 18.4 Å². The summed E-state index contributed by atoms with van der Waals surface area (Å²) in [6.45, 7) is 3.30. The van der Waals surface area contributed by atoms with Crippen molar-refractivity contribution in [3.05, 3.63) is 29.8 Å². The highest BCUT2D eigenvalue weighted by molar-refractivity contribution is 5.89. The number of hydrogen-bond donors (Lipinski definition) is 3. The fourth-order valence-electron chi connectivity index (χ4n) is 2.32. The highest BCUT2D eigenvalue weighted by Crippen LogP contribution is 2.18. The van der Waals surface area contributed by atoms with Crippen LogP contribution in [-0.2, 0) is 0 Å². The average Bonchev–Trinajstić information content (AvgIpc) is 2.39. The van der Waals surface area contributed by atoms with Crippen molar-refractivity contribution in [2.75, 3.05) is 18.4 Å². The highest BCUT2D eigenvalue weighted by atomic mass is 16.2. The molecule has 4 N–H and O–H groups in total. The van der Waals surface area contributed by atoms with E-state index in [0.717, 1.165) is 24.1 Å². The first-order valence-electron chi connectivity index (χ1n) is 6.53. The topological polar surface area (TPSA) is 82.2 Å². The second kappa shape index (κ2) is 5.73. The molecule has 1 aromatic carbocycles. The van der Waals surface area contributed by atoms with Gasteiger partial charge in [0, 0.05) is 24.7 Å². The van der Waals surface area contributed by atoms with Gasteiger partial charge in [-0.3, -0.25) is 5.41 Å². The van der Waals surface area contributed by atoms with Crippen LogP contribution in [0.2, 0.25) is 0 Å². The molecule has 2 amide bonds. The molecule has 0 radical (unpaired) electrons. The molecule has 102 valence electrons.